The van der Waals surface area contributed by atoms with Gasteiger partial charge in [0, 0.05) is 0 Å². The smallest absolute Gasteiger partial charge is 0.151 e. The third kappa shape index (κ3) is 5.25. The first-order chi connectivity index (χ1) is 16.1. The fraction of sp³-hybridized carbons (Fsp3) is 0.968. The number of carbonyl (C=O) groups is 1. The van der Waals surface area contributed by atoms with Crippen LogP contribution in [-0.4, -0.2) is 12.0 Å². The lowest BCUT2D eigenvalue weighted by atomic mass is 9.41. The largest absolute Gasteiger partial charge is 0.298 e. The fourth-order valence-corrected chi connectivity index (χ4v) is 8.74. The number of hydrogen-bond acceptors (Lipinski definition) is 1. The molecule has 0 amide bonds. The van der Waals surface area contributed by atoms with Crippen molar-refractivity contribution in [3.05, 3.63) is 0 Å². The van der Waals surface area contributed by atoms with Gasteiger partial charge in [0.25, 0.3) is 0 Å². The molecule has 33 heavy (non-hydrogen) atoms. The molecule has 4 saturated carbocycles. The van der Waals surface area contributed by atoms with Gasteiger partial charge in [-0.1, -0.05) is 84.5 Å². The van der Waals surface area contributed by atoms with E-state index in [1.807, 2.05) is 0 Å². The molecular weight excluding hydrogens is 407 g/mol. The summed E-state index contributed by atoms with van der Waals surface area (Å²) in [6.45, 7) is 4.56. The van der Waals surface area contributed by atoms with E-state index in [1.54, 1.807) is 0 Å². The molecule has 4 aliphatic carbocycles. The first-order valence-corrected chi connectivity index (χ1v) is 15.2. The van der Waals surface area contributed by atoms with Crippen LogP contribution in [0, 0.1) is 34.5 Å². The topological polar surface area (TPSA) is 17.1 Å². The van der Waals surface area contributed by atoms with Crippen molar-refractivity contribution in [2.75, 3.05) is 0 Å². The molecule has 0 N–H and O–H groups in total. The van der Waals surface area contributed by atoms with Gasteiger partial charge in [-0.05, 0) is 87.9 Å². The van der Waals surface area contributed by atoms with E-state index in [-0.39, 0.29) is 0 Å². The Hall–Kier alpha value is -0.400. The number of unbranched alkanes of at least 4 members (excludes halogenated alkanes) is 5. The number of Topliss-reactive ketones (excluding diaryl/α,β-unsaturated/α-hetero) is 1. The van der Waals surface area contributed by atoms with Crippen molar-refractivity contribution >= 4 is 5.78 Å². The zero-order valence-corrected chi connectivity index (χ0v) is 22.0. The van der Waals surface area contributed by atoms with Crippen LogP contribution in [0.25, 0.3) is 0 Å². The minimum absolute atomic E-state index is 0.366. The molecule has 4 fully saturated rings. The van der Waals surface area contributed by atoms with Crippen LogP contribution in [0.3, 0.4) is 0 Å². The summed E-state index contributed by atoms with van der Waals surface area (Å²) in [5.74, 6) is 3.70. The number of alkyl halides is 1. The number of rotatable bonds is 10. The number of ketones is 1. The average Bonchev–Trinajstić information content (AvgIpc) is 2.87. The molecule has 0 aromatic carbocycles. The highest BCUT2D eigenvalue weighted by Gasteiger charge is 2.71. The van der Waals surface area contributed by atoms with E-state index in [2.05, 4.69) is 13.8 Å². The normalized spacial score (nSPS) is 41.4. The maximum Gasteiger partial charge on any atom is 0.151 e. The summed E-state index contributed by atoms with van der Waals surface area (Å²) in [6.07, 6.45) is 24.8. The first-order valence-electron chi connectivity index (χ1n) is 15.2. The van der Waals surface area contributed by atoms with E-state index in [4.69, 9.17) is 0 Å². The Morgan fingerprint density at radius 2 is 1.09 bits per heavy atom. The molecule has 0 aliphatic heterocycles. The molecular formula is C31H53FO. The molecule has 0 bridgehead atoms. The molecule has 1 atom stereocenters. The third-order valence-electron chi connectivity index (χ3n) is 11.0. The van der Waals surface area contributed by atoms with Gasteiger partial charge < -0.3 is 0 Å². The summed E-state index contributed by atoms with van der Waals surface area (Å²) in [7, 11) is 0. The number of carbonyl (C=O) groups excluding carboxylic acids is 1. The van der Waals surface area contributed by atoms with Crippen molar-refractivity contribution in [2.24, 2.45) is 34.5 Å². The average molecular weight is 461 g/mol. The van der Waals surface area contributed by atoms with Crippen molar-refractivity contribution in [1.29, 1.82) is 0 Å². The molecule has 0 heterocycles. The van der Waals surface area contributed by atoms with E-state index in [0.717, 1.165) is 75.0 Å². The highest BCUT2D eigenvalue weighted by molar-refractivity contribution is 5.98. The Bertz CT molecular complexity index is 602. The lowest BCUT2D eigenvalue weighted by Gasteiger charge is -2.61. The zero-order chi connectivity index (χ0) is 23.3. The van der Waals surface area contributed by atoms with Crippen molar-refractivity contribution in [3.63, 3.8) is 0 Å². The molecule has 1 nitrogen and oxygen atoms in total. The van der Waals surface area contributed by atoms with Crippen LogP contribution in [-0.2, 0) is 4.79 Å². The fourth-order valence-electron chi connectivity index (χ4n) is 8.74. The van der Waals surface area contributed by atoms with E-state index < -0.39 is 17.0 Å². The van der Waals surface area contributed by atoms with Crippen LogP contribution in [0.2, 0.25) is 0 Å². The highest BCUT2D eigenvalue weighted by Crippen LogP contribution is 2.66. The standard InChI is InChI=1S/C31H53FO/c1-3-5-7-9-11-25-16-20-30(21-17-25)28(32)31(29(30)33)22-18-27(19-23-31)26-14-12-24(13-15-26)10-8-6-4-2/h24-28H,3-23H2,1-2H3/t24?,25?,26?,27?,28-,30?,31?/m1/s1. The maximum absolute atomic E-state index is 15.9. The Kier molecular flexibility index (Phi) is 9.00. The van der Waals surface area contributed by atoms with E-state index in [9.17, 15) is 4.79 Å². The van der Waals surface area contributed by atoms with Crippen LogP contribution < -0.4 is 0 Å². The summed E-state index contributed by atoms with van der Waals surface area (Å²) in [5.41, 5.74) is -1.13. The minimum Gasteiger partial charge on any atom is -0.298 e. The first kappa shape index (κ1) is 25.7. The highest BCUT2D eigenvalue weighted by atomic mass is 19.1. The molecule has 0 unspecified atom stereocenters. The van der Waals surface area contributed by atoms with Crippen molar-refractivity contribution in [2.45, 2.75) is 155 Å². The summed E-state index contributed by atoms with van der Waals surface area (Å²) in [5, 5.41) is 0. The van der Waals surface area contributed by atoms with Gasteiger partial charge in [0.2, 0.25) is 0 Å². The Labute approximate surface area is 204 Å². The Balaban J connectivity index is 1.20. The molecule has 2 spiro atoms. The van der Waals surface area contributed by atoms with Crippen molar-refractivity contribution in [1.82, 2.24) is 0 Å². The summed E-state index contributed by atoms with van der Waals surface area (Å²) in [4.78, 5) is 13.5. The van der Waals surface area contributed by atoms with Gasteiger partial charge in [-0.25, -0.2) is 4.39 Å². The molecule has 0 aromatic rings. The van der Waals surface area contributed by atoms with Gasteiger partial charge in [-0.2, -0.15) is 0 Å². The summed E-state index contributed by atoms with van der Waals surface area (Å²) >= 11 is 0. The van der Waals surface area contributed by atoms with Gasteiger partial charge in [0.1, 0.15) is 6.17 Å². The van der Waals surface area contributed by atoms with Crippen LogP contribution in [0.4, 0.5) is 4.39 Å². The van der Waals surface area contributed by atoms with Gasteiger partial charge >= 0.3 is 0 Å². The van der Waals surface area contributed by atoms with Crippen LogP contribution in [0.1, 0.15) is 149 Å². The number of hydrogen-bond donors (Lipinski definition) is 0. The van der Waals surface area contributed by atoms with Gasteiger partial charge in [0.15, 0.2) is 5.78 Å². The van der Waals surface area contributed by atoms with Gasteiger partial charge in [-0.3, -0.25) is 4.79 Å². The van der Waals surface area contributed by atoms with Crippen LogP contribution in [0.5, 0.6) is 0 Å². The SMILES string of the molecule is CCCCCCC1CCC2(CC1)C(=O)C1(CCC(C3CCC(CCCCC)CC3)CC1)[C@@H]2F. The predicted octanol–water partition coefficient (Wildman–Crippen LogP) is 9.62. The van der Waals surface area contributed by atoms with Gasteiger partial charge in [-0.15, -0.1) is 0 Å². The molecule has 4 rings (SSSR count). The minimum atomic E-state index is -0.839. The second kappa shape index (κ2) is 11.6. The maximum atomic E-state index is 15.9. The number of halogens is 1. The quantitative estimate of drug-likeness (QED) is 0.296. The zero-order valence-electron chi connectivity index (χ0n) is 22.0. The lowest BCUT2D eigenvalue weighted by molar-refractivity contribution is -0.194. The van der Waals surface area contributed by atoms with Crippen molar-refractivity contribution < 1.29 is 9.18 Å². The van der Waals surface area contributed by atoms with Crippen LogP contribution in [0.15, 0.2) is 0 Å². The van der Waals surface area contributed by atoms with Crippen LogP contribution >= 0.6 is 0 Å². The monoisotopic (exact) mass is 460 g/mol. The molecule has 0 radical (unpaired) electrons. The molecule has 2 heteroatoms. The van der Waals surface area contributed by atoms with E-state index in [1.165, 1.54) is 83.5 Å². The summed E-state index contributed by atoms with van der Waals surface area (Å²) < 4.78 is 15.9. The van der Waals surface area contributed by atoms with Gasteiger partial charge in [0.05, 0.1) is 10.8 Å². The van der Waals surface area contributed by atoms with E-state index in [0.29, 0.717) is 5.78 Å². The van der Waals surface area contributed by atoms with E-state index >= 15 is 4.39 Å². The molecule has 0 saturated heterocycles. The Morgan fingerprint density at radius 1 is 0.636 bits per heavy atom. The lowest BCUT2D eigenvalue weighted by Crippen LogP contribution is -2.69. The third-order valence-corrected chi connectivity index (χ3v) is 11.0. The molecule has 0 aromatic heterocycles. The molecule has 190 valence electrons. The van der Waals surface area contributed by atoms with Crippen molar-refractivity contribution in [3.8, 4) is 0 Å². The Morgan fingerprint density at radius 3 is 1.64 bits per heavy atom. The summed E-state index contributed by atoms with van der Waals surface area (Å²) in [6, 6.07) is 0. The molecule has 4 aliphatic rings. The second-order valence-electron chi connectivity index (χ2n) is 12.9. The second-order valence-corrected chi connectivity index (χ2v) is 12.9. The predicted molar refractivity (Wildman–Crippen MR) is 137 cm³/mol.